The molecule has 2 N–H and O–H groups in total. The number of aryl methyl sites for hydroxylation is 1. The molecule has 0 aliphatic carbocycles. The van der Waals surface area contributed by atoms with Crippen molar-refractivity contribution in [2.45, 2.75) is 26.3 Å². The van der Waals surface area contributed by atoms with Crippen molar-refractivity contribution < 1.29 is 18.5 Å². The van der Waals surface area contributed by atoms with Crippen molar-refractivity contribution in [1.82, 2.24) is 15.5 Å². The number of anilines is 1. The smallest absolute Gasteiger partial charge is 0.287 e. The average molecular weight is 354 g/mol. The van der Waals surface area contributed by atoms with Gasteiger partial charge in [0.1, 0.15) is 6.04 Å². The third-order valence-corrected chi connectivity index (χ3v) is 3.64. The van der Waals surface area contributed by atoms with Gasteiger partial charge in [-0.3, -0.25) is 9.59 Å². The van der Waals surface area contributed by atoms with Crippen LogP contribution in [0.2, 0.25) is 0 Å². The van der Waals surface area contributed by atoms with Crippen LogP contribution in [0.25, 0.3) is 11.4 Å². The standard InChI is InChI=1S/C18H18N4O4/c1-3-15-21-16(22-26-15)12-6-4-7-13(10-12)20-17(23)11(2)19-18(24)14-8-5-9-25-14/h4-11H,3H2,1-2H3,(H,19,24)(H,20,23)/t11-/m0/s1. The number of nitrogens with zero attached hydrogens (tertiary/aromatic N) is 2. The van der Waals surface area contributed by atoms with Crippen LogP contribution in [0.5, 0.6) is 0 Å². The van der Waals surface area contributed by atoms with Crippen LogP contribution in [0.4, 0.5) is 5.69 Å². The van der Waals surface area contributed by atoms with Crippen molar-refractivity contribution in [1.29, 1.82) is 0 Å². The second kappa shape index (κ2) is 7.64. The fourth-order valence-corrected chi connectivity index (χ4v) is 2.24. The Kier molecular flexibility index (Phi) is 5.12. The van der Waals surface area contributed by atoms with E-state index in [4.69, 9.17) is 8.94 Å². The summed E-state index contributed by atoms with van der Waals surface area (Å²) in [5.41, 5.74) is 1.29. The highest BCUT2D eigenvalue weighted by Gasteiger charge is 2.18. The number of amides is 2. The number of carbonyl (C=O) groups is 2. The van der Waals surface area contributed by atoms with E-state index in [-0.39, 0.29) is 11.7 Å². The van der Waals surface area contributed by atoms with Crippen molar-refractivity contribution >= 4 is 17.5 Å². The normalized spacial score (nSPS) is 11.8. The lowest BCUT2D eigenvalue weighted by Gasteiger charge is -2.13. The lowest BCUT2D eigenvalue weighted by Crippen LogP contribution is -2.41. The Bertz CT molecular complexity index is 902. The Balaban J connectivity index is 1.65. The van der Waals surface area contributed by atoms with Crippen molar-refractivity contribution in [3.8, 4) is 11.4 Å². The number of nitrogens with one attached hydrogen (secondary N) is 2. The first-order chi connectivity index (χ1) is 12.6. The van der Waals surface area contributed by atoms with Gasteiger partial charge in [0.05, 0.1) is 6.26 Å². The number of furan rings is 1. The van der Waals surface area contributed by atoms with Crippen molar-refractivity contribution in [2.75, 3.05) is 5.32 Å². The van der Waals surface area contributed by atoms with E-state index in [9.17, 15) is 9.59 Å². The predicted molar refractivity (Wildman–Crippen MR) is 93.4 cm³/mol. The van der Waals surface area contributed by atoms with Crippen LogP contribution in [0.3, 0.4) is 0 Å². The van der Waals surface area contributed by atoms with Gasteiger partial charge in [-0.2, -0.15) is 4.98 Å². The maximum absolute atomic E-state index is 12.3. The van der Waals surface area contributed by atoms with E-state index in [2.05, 4.69) is 20.8 Å². The van der Waals surface area contributed by atoms with Crippen molar-refractivity contribution in [2.24, 2.45) is 0 Å². The van der Waals surface area contributed by atoms with Gasteiger partial charge in [0, 0.05) is 17.7 Å². The highest BCUT2D eigenvalue weighted by molar-refractivity contribution is 6.00. The van der Waals surface area contributed by atoms with Gasteiger partial charge in [0.25, 0.3) is 5.91 Å². The maximum atomic E-state index is 12.3. The second-order valence-corrected chi connectivity index (χ2v) is 5.61. The van der Waals surface area contributed by atoms with Gasteiger partial charge >= 0.3 is 0 Å². The monoisotopic (exact) mass is 354 g/mol. The lowest BCUT2D eigenvalue weighted by molar-refractivity contribution is -0.117. The molecule has 0 aliphatic rings. The SMILES string of the molecule is CCc1nc(-c2cccc(NC(=O)[C@H](C)NC(=O)c3ccco3)c2)no1. The predicted octanol–water partition coefficient (Wildman–Crippen LogP) is 2.65. The van der Waals surface area contributed by atoms with Gasteiger partial charge < -0.3 is 19.6 Å². The number of hydrogen-bond donors (Lipinski definition) is 2. The molecule has 26 heavy (non-hydrogen) atoms. The average Bonchev–Trinajstić information content (AvgIpc) is 3.33. The Labute approximate surface area is 149 Å². The molecule has 1 atom stereocenters. The number of benzene rings is 1. The van der Waals surface area contributed by atoms with Crippen LogP contribution in [-0.2, 0) is 11.2 Å². The fourth-order valence-electron chi connectivity index (χ4n) is 2.24. The molecular weight excluding hydrogens is 336 g/mol. The summed E-state index contributed by atoms with van der Waals surface area (Å²) in [4.78, 5) is 28.5. The lowest BCUT2D eigenvalue weighted by atomic mass is 10.2. The zero-order valence-electron chi connectivity index (χ0n) is 14.4. The van der Waals surface area contributed by atoms with E-state index in [1.807, 2.05) is 13.0 Å². The summed E-state index contributed by atoms with van der Waals surface area (Å²) in [5, 5.41) is 9.24. The highest BCUT2D eigenvalue weighted by atomic mass is 16.5. The van der Waals surface area contributed by atoms with Gasteiger partial charge in [-0.25, -0.2) is 0 Å². The molecule has 3 rings (SSSR count). The first kappa shape index (κ1) is 17.4. The molecule has 2 heterocycles. The van der Waals surface area contributed by atoms with E-state index < -0.39 is 11.9 Å². The number of rotatable bonds is 6. The third kappa shape index (κ3) is 3.97. The largest absolute Gasteiger partial charge is 0.459 e. The summed E-state index contributed by atoms with van der Waals surface area (Å²) in [6.07, 6.45) is 2.04. The van der Waals surface area contributed by atoms with Crippen LogP contribution < -0.4 is 10.6 Å². The van der Waals surface area contributed by atoms with Gasteiger partial charge in [-0.15, -0.1) is 0 Å². The van der Waals surface area contributed by atoms with Crippen LogP contribution >= 0.6 is 0 Å². The zero-order chi connectivity index (χ0) is 18.5. The molecular formula is C18H18N4O4. The van der Waals surface area contributed by atoms with E-state index in [0.717, 1.165) is 5.56 Å². The van der Waals surface area contributed by atoms with E-state index in [0.29, 0.717) is 23.8 Å². The molecule has 0 radical (unpaired) electrons. The molecule has 8 nitrogen and oxygen atoms in total. The van der Waals surface area contributed by atoms with E-state index >= 15 is 0 Å². The first-order valence-electron chi connectivity index (χ1n) is 8.15. The van der Waals surface area contributed by atoms with Crippen LogP contribution in [0.1, 0.15) is 30.3 Å². The maximum Gasteiger partial charge on any atom is 0.287 e. The Morgan fingerprint density at radius 1 is 1.23 bits per heavy atom. The molecule has 2 aromatic heterocycles. The van der Waals surface area contributed by atoms with Crippen LogP contribution in [0, 0.1) is 0 Å². The summed E-state index contributed by atoms with van der Waals surface area (Å²) in [7, 11) is 0. The van der Waals surface area contributed by atoms with Crippen LogP contribution in [-0.4, -0.2) is 28.0 Å². The first-order valence-corrected chi connectivity index (χ1v) is 8.15. The summed E-state index contributed by atoms with van der Waals surface area (Å²) in [6.45, 7) is 3.51. The highest BCUT2D eigenvalue weighted by Crippen LogP contribution is 2.20. The van der Waals surface area contributed by atoms with Gasteiger partial charge in [-0.05, 0) is 31.2 Å². The van der Waals surface area contributed by atoms with Gasteiger partial charge in [-0.1, -0.05) is 24.2 Å². The molecule has 0 unspecified atom stereocenters. The fraction of sp³-hybridized carbons (Fsp3) is 0.222. The molecule has 0 aliphatic heterocycles. The molecule has 0 spiro atoms. The minimum atomic E-state index is -0.742. The molecule has 0 saturated carbocycles. The van der Waals surface area contributed by atoms with Crippen molar-refractivity contribution in [3.05, 3.63) is 54.3 Å². The van der Waals surface area contributed by atoms with Crippen LogP contribution in [0.15, 0.2) is 51.6 Å². The molecule has 134 valence electrons. The topological polar surface area (TPSA) is 110 Å². The van der Waals surface area contributed by atoms with E-state index in [1.165, 1.54) is 12.3 Å². The summed E-state index contributed by atoms with van der Waals surface area (Å²) >= 11 is 0. The third-order valence-electron chi connectivity index (χ3n) is 3.64. The molecule has 1 aromatic carbocycles. The number of hydrogen-bond acceptors (Lipinski definition) is 6. The zero-order valence-corrected chi connectivity index (χ0v) is 14.4. The minimum absolute atomic E-state index is 0.149. The molecule has 8 heteroatoms. The van der Waals surface area contributed by atoms with Gasteiger partial charge in [0.2, 0.25) is 17.6 Å². The molecule has 0 bridgehead atoms. The Morgan fingerprint density at radius 3 is 2.77 bits per heavy atom. The Hall–Kier alpha value is -3.42. The minimum Gasteiger partial charge on any atom is -0.459 e. The quantitative estimate of drug-likeness (QED) is 0.704. The number of aromatic nitrogens is 2. The molecule has 0 saturated heterocycles. The molecule has 0 fully saturated rings. The van der Waals surface area contributed by atoms with E-state index in [1.54, 1.807) is 31.2 Å². The summed E-state index contributed by atoms with van der Waals surface area (Å²) in [5.74, 6) is 0.339. The number of carbonyl (C=O) groups excluding carboxylic acids is 2. The van der Waals surface area contributed by atoms with Crippen molar-refractivity contribution in [3.63, 3.8) is 0 Å². The molecule has 2 amide bonds. The Morgan fingerprint density at radius 2 is 2.08 bits per heavy atom. The van der Waals surface area contributed by atoms with Gasteiger partial charge in [0.15, 0.2) is 5.76 Å². The summed E-state index contributed by atoms with van der Waals surface area (Å²) < 4.78 is 10.1. The molecule has 3 aromatic rings. The summed E-state index contributed by atoms with van der Waals surface area (Å²) in [6, 6.07) is 9.47. The second-order valence-electron chi connectivity index (χ2n) is 5.61.